The van der Waals surface area contributed by atoms with E-state index in [9.17, 15) is 0 Å². The predicted octanol–water partition coefficient (Wildman–Crippen LogP) is 4.94. The molecule has 1 unspecified atom stereocenters. The Labute approximate surface area is 162 Å². The summed E-state index contributed by atoms with van der Waals surface area (Å²) in [4.78, 5) is 2.59. The van der Waals surface area contributed by atoms with Crippen molar-refractivity contribution in [1.29, 1.82) is 0 Å². The standard InChI is InChI=1S/C21H24BrN3O/c1-13(2)12-25-9-8-15-16(6-7-19-18(15)11-23-24-19)21(25)17-5-4-14(22)10-20(17)26-3/h4-7,10-11,13,21H,8-9,12H2,1-3H3,(H,23,24). The first kappa shape index (κ1) is 17.6. The number of aromatic nitrogens is 2. The van der Waals surface area contributed by atoms with Crippen LogP contribution in [0.1, 0.15) is 36.6 Å². The summed E-state index contributed by atoms with van der Waals surface area (Å²) in [5.41, 5.74) is 5.11. The average molecular weight is 414 g/mol. The molecule has 3 aromatic rings. The smallest absolute Gasteiger partial charge is 0.125 e. The van der Waals surface area contributed by atoms with Crippen molar-refractivity contribution in [1.82, 2.24) is 15.1 Å². The van der Waals surface area contributed by atoms with E-state index in [1.807, 2.05) is 6.20 Å². The summed E-state index contributed by atoms with van der Waals surface area (Å²) in [5, 5.41) is 8.60. The van der Waals surface area contributed by atoms with Gasteiger partial charge < -0.3 is 4.74 Å². The summed E-state index contributed by atoms with van der Waals surface area (Å²) in [6, 6.07) is 11.0. The molecule has 1 aliphatic heterocycles. The van der Waals surface area contributed by atoms with Gasteiger partial charge in [0.2, 0.25) is 0 Å². The zero-order valence-corrected chi connectivity index (χ0v) is 17.0. The van der Waals surface area contributed by atoms with E-state index in [2.05, 4.69) is 75.2 Å². The first-order chi connectivity index (χ1) is 12.6. The number of rotatable bonds is 4. The van der Waals surface area contributed by atoms with Gasteiger partial charge in [-0.05, 0) is 41.7 Å². The predicted molar refractivity (Wildman–Crippen MR) is 109 cm³/mol. The maximum absolute atomic E-state index is 5.75. The van der Waals surface area contributed by atoms with Gasteiger partial charge in [0, 0.05) is 28.5 Å². The van der Waals surface area contributed by atoms with E-state index < -0.39 is 0 Å². The summed E-state index contributed by atoms with van der Waals surface area (Å²) >= 11 is 3.57. The van der Waals surface area contributed by atoms with E-state index in [4.69, 9.17) is 4.74 Å². The highest BCUT2D eigenvalue weighted by molar-refractivity contribution is 9.10. The van der Waals surface area contributed by atoms with Gasteiger partial charge in [0.15, 0.2) is 0 Å². The van der Waals surface area contributed by atoms with Crippen molar-refractivity contribution in [2.45, 2.75) is 26.3 Å². The Hall–Kier alpha value is -1.85. The number of aromatic amines is 1. The third-order valence-corrected chi connectivity index (χ3v) is 5.66. The summed E-state index contributed by atoms with van der Waals surface area (Å²) in [7, 11) is 1.75. The van der Waals surface area contributed by atoms with Crippen LogP contribution in [0.4, 0.5) is 0 Å². The highest BCUT2D eigenvalue weighted by Crippen LogP contribution is 2.42. The molecule has 0 saturated heterocycles. The van der Waals surface area contributed by atoms with E-state index in [0.717, 1.165) is 35.2 Å². The van der Waals surface area contributed by atoms with Crippen LogP contribution in [0.3, 0.4) is 0 Å². The zero-order valence-electron chi connectivity index (χ0n) is 15.4. The Kier molecular flexibility index (Phi) is 4.76. The summed E-state index contributed by atoms with van der Waals surface area (Å²) < 4.78 is 6.78. The number of H-pyrrole nitrogens is 1. The fraction of sp³-hybridized carbons (Fsp3) is 0.381. The molecule has 2 aromatic carbocycles. The molecule has 136 valence electrons. The van der Waals surface area contributed by atoms with Crippen molar-refractivity contribution in [2.75, 3.05) is 20.2 Å². The second kappa shape index (κ2) is 7.05. The lowest BCUT2D eigenvalue weighted by molar-refractivity contribution is 0.188. The Morgan fingerprint density at radius 3 is 2.85 bits per heavy atom. The van der Waals surface area contributed by atoms with Crippen LogP contribution in [0.5, 0.6) is 5.75 Å². The number of nitrogens with zero attached hydrogens (tertiary/aromatic N) is 2. The quantitative estimate of drug-likeness (QED) is 0.658. The maximum Gasteiger partial charge on any atom is 0.125 e. The molecule has 0 saturated carbocycles. The van der Waals surface area contributed by atoms with Crippen LogP contribution in [-0.4, -0.2) is 35.3 Å². The summed E-state index contributed by atoms with van der Waals surface area (Å²) in [6.45, 7) is 6.67. The number of ether oxygens (including phenoxy) is 1. The Morgan fingerprint density at radius 1 is 1.27 bits per heavy atom. The normalized spacial score (nSPS) is 17.7. The zero-order chi connectivity index (χ0) is 18.3. The molecule has 2 heterocycles. The van der Waals surface area contributed by atoms with Crippen LogP contribution in [0, 0.1) is 5.92 Å². The van der Waals surface area contributed by atoms with Crippen molar-refractivity contribution < 1.29 is 4.74 Å². The summed E-state index contributed by atoms with van der Waals surface area (Å²) in [6.07, 6.45) is 3.01. The number of nitrogens with one attached hydrogen (secondary N) is 1. The number of hydrogen-bond donors (Lipinski definition) is 1. The largest absolute Gasteiger partial charge is 0.496 e. The molecule has 1 N–H and O–H groups in total. The molecule has 1 aliphatic rings. The minimum absolute atomic E-state index is 0.198. The van der Waals surface area contributed by atoms with Crippen molar-refractivity contribution in [3.05, 3.63) is 57.7 Å². The van der Waals surface area contributed by atoms with Gasteiger partial charge in [0.1, 0.15) is 5.75 Å². The van der Waals surface area contributed by atoms with Crippen molar-refractivity contribution in [3.63, 3.8) is 0 Å². The van der Waals surface area contributed by atoms with Crippen molar-refractivity contribution in [3.8, 4) is 5.75 Å². The van der Waals surface area contributed by atoms with E-state index >= 15 is 0 Å². The molecule has 26 heavy (non-hydrogen) atoms. The van der Waals surface area contributed by atoms with E-state index in [0.29, 0.717) is 5.92 Å². The monoisotopic (exact) mass is 413 g/mol. The highest BCUT2D eigenvalue weighted by atomic mass is 79.9. The average Bonchev–Trinajstić information content (AvgIpc) is 3.10. The molecule has 1 aromatic heterocycles. The molecule has 0 aliphatic carbocycles. The molecular weight excluding hydrogens is 390 g/mol. The lowest BCUT2D eigenvalue weighted by Gasteiger charge is -2.39. The molecule has 4 rings (SSSR count). The Bertz CT molecular complexity index is 934. The number of methoxy groups -OCH3 is 1. The van der Waals surface area contributed by atoms with Gasteiger partial charge in [-0.15, -0.1) is 0 Å². The second-order valence-electron chi connectivity index (χ2n) is 7.39. The minimum Gasteiger partial charge on any atom is -0.496 e. The van der Waals surface area contributed by atoms with Gasteiger partial charge in [0.25, 0.3) is 0 Å². The third-order valence-electron chi connectivity index (χ3n) is 5.17. The van der Waals surface area contributed by atoms with E-state index in [1.165, 1.54) is 22.1 Å². The SMILES string of the molecule is COc1cc(Br)ccc1C1c2ccc3[nH]ncc3c2CCN1CC(C)C. The molecule has 5 heteroatoms. The van der Waals surface area contributed by atoms with E-state index in [-0.39, 0.29) is 6.04 Å². The van der Waals surface area contributed by atoms with Crippen LogP contribution < -0.4 is 4.74 Å². The number of halogens is 1. The van der Waals surface area contributed by atoms with Crippen LogP contribution in [-0.2, 0) is 6.42 Å². The highest BCUT2D eigenvalue weighted by Gasteiger charge is 2.32. The summed E-state index contributed by atoms with van der Waals surface area (Å²) in [5.74, 6) is 1.54. The van der Waals surface area contributed by atoms with Crippen LogP contribution in [0.15, 0.2) is 41.0 Å². The lowest BCUT2D eigenvalue weighted by atomic mass is 9.85. The van der Waals surface area contributed by atoms with Crippen molar-refractivity contribution >= 4 is 26.8 Å². The molecule has 0 radical (unpaired) electrons. The molecule has 0 spiro atoms. The maximum atomic E-state index is 5.75. The third kappa shape index (κ3) is 3.03. The second-order valence-corrected chi connectivity index (χ2v) is 8.31. The van der Waals surface area contributed by atoms with Gasteiger partial charge in [-0.1, -0.05) is 41.9 Å². The van der Waals surface area contributed by atoms with Gasteiger partial charge in [-0.2, -0.15) is 5.10 Å². The molecule has 0 bridgehead atoms. The van der Waals surface area contributed by atoms with E-state index in [1.54, 1.807) is 7.11 Å². The Morgan fingerprint density at radius 2 is 2.08 bits per heavy atom. The van der Waals surface area contributed by atoms with Crippen LogP contribution in [0.2, 0.25) is 0 Å². The first-order valence-electron chi connectivity index (χ1n) is 9.11. The fourth-order valence-electron chi connectivity index (χ4n) is 4.15. The molecule has 0 amide bonds. The minimum atomic E-state index is 0.198. The molecular formula is C21H24BrN3O. The van der Waals surface area contributed by atoms with Gasteiger partial charge in [-0.25, -0.2) is 0 Å². The van der Waals surface area contributed by atoms with Crippen LogP contribution >= 0.6 is 15.9 Å². The van der Waals surface area contributed by atoms with Crippen LogP contribution in [0.25, 0.3) is 10.9 Å². The first-order valence-corrected chi connectivity index (χ1v) is 9.90. The van der Waals surface area contributed by atoms with Gasteiger partial charge in [-0.3, -0.25) is 10.00 Å². The van der Waals surface area contributed by atoms with Gasteiger partial charge >= 0.3 is 0 Å². The van der Waals surface area contributed by atoms with Crippen molar-refractivity contribution in [2.24, 2.45) is 5.92 Å². The molecule has 4 nitrogen and oxygen atoms in total. The topological polar surface area (TPSA) is 41.1 Å². The van der Waals surface area contributed by atoms with Gasteiger partial charge in [0.05, 0.1) is 24.9 Å². The lowest BCUT2D eigenvalue weighted by Crippen LogP contribution is -2.38. The number of fused-ring (bicyclic) bond motifs is 3. The number of hydrogen-bond acceptors (Lipinski definition) is 3. The Balaban J connectivity index is 1.90. The molecule has 0 fully saturated rings. The number of benzene rings is 2. The molecule has 1 atom stereocenters. The fourth-order valence-corrected chi connectivity index (χ4v) is 4.49.